The summed E-state index contributed by atoms with van der Waals surface area (Å²) >= 11 is 0. The number of carbonyl (C=O) groups is 5. The van der Waals surface area contributed by atoms with Crippen LogP contribution in [-0.2, 0) is 30.4 Å². The van der Waals surface area contributed by atoms with Crippen LogP contribution < -0.4 is 27.4 Å². The zero-order valence-electron chi connectivity index (χ0n) is 17.3. The van der Waals surface area contributed by atoms with E-state index < -0.39 is 66.8 Å². The Kier molecular flexibility index (Phi) is 10.1. The summed E-state index contributed by atoms with van der Waals surface area (Å²) in [6, 6.07) is 1.18. The van der Waals surface area contributed by atoms with Crippen LogP contribution in [0, 0.1) is 0 Å². The first-order valence-corrected chi connectivity index (χ1v) is 9.51. The van der Waals surface area contributed by atoms with Crippen molar-refractivity contribution in [2.24, 2.45) is 11.5 Å². The topological polar surface area (TPSA) is 234 Å². The molecule has 13 heteroatoms. The van der Waals surface area contributed by atoms with E-state index in [0.717, 1.165) is 0 Å². The van der Waals surface area contributed by atoms with Crippen molar-refractivity contribution in [2.45, 2.75) is 44.0 Å². The van der Waals surface area contributed by atoms with Crippen LogP contribution >= 0.6 is 0 Å². The van der Waals surface area contributed by atoms with E-state index in [1.54, 1.807) is 0 Å². The highest BCUT2D eigenvalue weighted by atomic mass is 16.4. The zero-order valence-corrected chi connectivity index (χ0v) is 17.3. The highest BCUT2D eigenvalue weighted by Gasteiger charge is 2.32. The van der Waals surface area contributed by atoms with Crippen LogP contribution in [0.15, 0.2) is 24.3 Å². The number of phenolic OH excluding ortho intramolecular Hbond substituents is 1. The SMILES string of the molecule is CC(O)C(NC(=O)C(CC(N)=O)NC(=O)CN)C(=O)NC(Cc1ccc(O)cc1)C(=O)O. The summed E-state index contributed by atoms with van der Waals surface area (Å²) in [4.78, 5) is 59.4. The van der Waals surface area contributed by atoms with E-state index in [4.69, 9.17) is 11.5 Å². The molecule has 4 amide bonds. The van der Waals surface area contributed by atoms with Gasteiger partial charge in [0.05, 0.1) is 19.1 Å². The monoisotopic (exact) mass is 453 g/mol. The molecule has 1 aromatic rings. The van der Waals surface area contributed by atoms with Gasteiger partial charge in [-0.2, -0.15) is 0 Å². The first kappa shape index (κ1) is 26.3. The van der Waals surface area contributed by atoms with E-state index in [1.165, 1.54) is 31.2 Å². The molecular weight excluding hydrogens is 426 g/mol. The zero-order chi connectivity index (χ0) is 24.4. The van der Waals surface area contributed by atoms with Crippen LogP contribution in [0.5, 0.6) is 5.75 Å². The first-order chi connectivity index (χ1) is 14.9. The lowest BCUT2D eigenvalue weighted by Crippen LogP contribution is -2.59. The second kappa shape index (κ2) is 12.2. The number of carboxylic acids is 1. The number of aromatic hydroxyl groups is 1. The van der Waals surface area contributed by atoms with Gasteiger partial charge in [0.1, 0.15) is 23.9 Å². The largest absolute Gasteiger partial charge is 0.508 e. The van der Waals surface area contributed by atoms with E-state index in [-0.39, 0.29) is 12.2 Å². The van der Waals surface area contributed by atoms with Crippen molar-refractivity contribution in [2.75, 3.05) is 6.54 Å². The highest BCUT2D eigenvalue weighted by molar-refractivity contribution is 5.95. The predicted molar refractivity (Wildman–Crippen MR) is 110 cm³/mol. The van der Waals surface area contributed by atoms with Crippen molar-refractivity contribution in [1.82, 2.24) is 16.0 Å². The number of aliphatic carboxylic acids is 1. The van der Waals surface area contributed by atoms with Gasteiger partial charge >= 0.3 is 5.97 Å². The van der Waals surface area contributed by atoms with E-state index in [9.17, 15) is 39.3 Å². The molecule has 0 heterocycles. The number of carboxylic acid groups (broad SMARTS) is 1. The Bertz CT molecular complexity index is 843. The molecule has 4 atom stereocenters. The maximum Gasteiger partial charge on any atom is 0.326 e. The normalized spacial score (nSPS) is 14.3. The third-order valence-electron chi connectivity index (χ3n) is 4.30. The molecule has 0 bridgehead atoms. The summed E-state index contributed by atoms with van der Waals surface area (Å²) in [7, 11) is 0. The third-order valence-corrected chi connectivity index (χ3v) is 4.30. The van der Waals surface area contributed by atoms with Gasteiger partial charge in [-0.25, -0.2) is 4.79 Å². The lowest BCUT2D eigenvalue weighted by Gasteiger charge is -2.25. The predicted octanol–water partition coefficient (Wildman–Crippen LogP) is -3.31. The Morgan fingerprint density at radius 2 is 1.56 bits per heavy atom. The Hall–Kier alpha value is -3.71. The van der Waals surface area contributed by atoms with Crippen LogP contribution in [0.4, 0.5) is 0 Å². The molecule has 0 aliphatic carbocycles. The molecule has 176 valence electrons. The first-order valence-electron chi connectivity index (χ1n) is 9.51. The standard InChI is InChI=1S/C19H27N5O8/c1-9(25)16(24-17(29)12(7-14(21)27)22-15(28)8-20)18(30)23-13(19(31)32)6-10-2-4-11(26)5-3-10/h2-5,9,12-13,16,25-26H,6-8,20H2,1H3,(H2,21,27)(H,22,28)(H,23,30)(H,24,29)(H,31,32). The number of aliphatic hydroxyl groups is 1. The molecule has 0 radical (unpaired) electrons. The summed E-state index contributed by atoms with van der Waals surface area (Å²) in [6.07, 6.45) is -2.19. The third kappa shape index (κ3) is 8.57. The number of aliphatic hydroxyl groups excluding tert-OH is 1. The van der Waals surface area contributed by atoms with Gasteiger partial charge in [-0.3, -0.25) is 19.2 Å². The van der Waals surface area contributed by atoms with Gasteiger partial charge in [0.2, 0.25) is 23.6 Å². The average molecular weight is 453 g/mol. The molecule has 0 spiro atoms. The second-order valence-corrected chi connectivity index (χ2v) is 6.99. The fourth-order valence-electron chi connectivity index (χ4n) is 2.65. The number of carbonyl (C=O) groups excluding carboxylic acids is 4. The Morgan fingerprint density at radius 1 is 0.969 bits per heavy atom. The number of phenols is 1. The van der Waals surface area contributed by atoms with Gasteiger partial charge < -0.3 is 42.7 Å². The molecule has 0 aliphatic rings. The minimum absolute atomic E-state index is 0.0196. The van der Waals surface area contributed by atoms with Crippen LogP contribution in [-0.4, -0.2) is 75.7 Å². The number of nitrogens with one attached hydrogen (secondary N) is 3. The summed E-state index contributed by atoms with van der Waals surface area (Å²) < 4.78 is 0. The Labute approximate surface area is 183 Å². The molecule has 0 aliphatic heterocycles. The van der Waals surface area contributed by atoms with Crippen LogP contribution in [0.1, 0.15) is 18.9 Å². The van der Waals surface area contributed by atoms with E-state index in [0.29, 0.717) is 5.56 Å². The molecular formula is C19H27N5O8. The number of rotatable bonds is 12. The van der Waals surface area contributed by atoms with E-state index >= 15 is 0 Å². The van der Waals surface area contributed by atoms with Crippen molar-refractivity contribution in [3.05, 3.63) is 29.8 Å². The van der Waals surface area contributed by atoms with Crippen molar-refractivity contribution >= 4 is 29.6 Å². The Morgan fingerprint density at radius 3 is 2.03 bits per heavy atom. The van der Waals surface area contributed by atoms with Crippen LogP contribution in [0.2, 0.25) is 0 Å². The number of amides is 4. The van der Waals surface area contributed by atoms with Crippen molar-refractivity contribution < 1.29 is 39.3 Å². The second-order valence-electron chi connectivity index (χ2n) is 6.99. The minimum Gasteiger partial charge on any atom is -0.508 e. The van der Waals surface area contributed by atoms with Gasteiger partial charge in [-0.1, -0.05) is 12.1 Å². The number of benzene rings is 1. The smallest absolute Gasteiger partial charge is 0.326 e. The molecule has 10 N–H and O–H groups in total. The highest BCUT2D eigenvalue weighted by Crippen LogP contribution is 2.12. The maximum atomic E-state index is 12.6. The van der Waals surface area contributed by atoms with Gasteiger partial charge in [0.25, 0.3) is 0 Å². The van der Waals surface area contributed by atoms with Gasteiger partial charge in [-0.05, 0) is 24.6 Å². The molecule has 0 fully saturated rings. The number of nitrogens with two attached hydrogens (primary N) is 2. The van der Waals surface area contributed by atoms with Crippen LogP contribution in [0.3, 0.4) is 0 Å². The fourth-order valence-corrected chi connectivity index (χ4v) is 2.65. The van der Waals surface area contributed by atoms with Gasteiger partial charge in [0.15, 0.2) is 0 Å². The number of hydrogen-bond acceptors (Lipinski definition) is 8. The molecule has 32 heavy (non-hydrogen) atoms. The molecule has 13 nitrogen and oxygen atoms in total. The average Bonchev–Trinajstić information content (AvgIpc) is 2.71. The number of primary amides is 1. The lowest BCUT2D eigenvalue weighted by molar-refractivity contribution is -0.143. The van der Waals surface area contributed by atoms with Crippen molar-refractivity contribution in [3.63, 3.8) is 0 Å². The lowest BCUT2D eigenvalue weighted by atomic mass is 10.0. The summed E-state index contributed by atoms with van der Waals surface area (Å²) in [6.45, 7) is 0.711. The molecule has 1 aromatic carbocycles. The molecule has 0 aromatic heterocycles. The maximum absolute atomic E-state index is 12.6. The quantitative estimate of drug-likeness (QED) is 0.158. The van der Waals surface area contributed by atoms with Gasteiger partial charge in [0, 0.05) is 6.42 Å². The molecule has 4 unspecified atom stereocenters. The summed E-state index contributed by atoms with van der Waals surface area (Å²) in [5.41, 5.74) is 10.7. The summed E-state index contributed by atoms with van der Waals surface area (Å²) in [5, 5.41) is 35.3. The minimum atomic E-state index is -1.60. The molecule has 1 rings (SSSR count). The molecule has 0 saturated carbocycles. The van der Waals surface area contributed by atoms with Crippen molar-refractivity contribution in [1.29, 1.82) is 0 Å². The summed E-state index contributed by atoms with van der Waals surface area (Å²) in [5.74, 6) is -5.08. The van der Waals surface area contributed by atoms with Crippen molar-refractivity contribution in [3.8, 4) is 5.75 Å². The molecule has 0 saturated heterocycles. The Balaban J connectivity index is 2.94. The van der Waals surface area contributed by atoms with Gasteiger partial charge in [-0.15, -0.1) is 0 Å². The van der Waals surface area contributed by atoms with E-state index in [1.807, 2.05) is 0 Å². The number of hydrogen-bond donors (Lipinski definition) is 8. The van der Waals surface area contributed by atoms with Crippen LogP contribution in [0.25, 0.3) is 0 Å². The van der Waals surface area contributed by atoms with E-state index in [2.05, 4.69) is 16.0 Å². The fraction of sp³-hybridized carbons (Fsp3) is 0.421.